The van der Waals surface area contributed by atoms with Crippen LogP contribution >= 0.6 is 0 Å². The van der Waals surface area contributed by atoms with Crippen molar-refractivity contribution in [3.8, 4) is 11.5 Å². The Hall–Kier alpha value is -3.60. The number of pyridine rings is 1. The summed E-state index contributed by atoms with van der Waals surface area (Å²) in [6, 6.07) is 21.3. The first kappa shape index (κ1) is 18.4. The minimum atomic E-state index is -0.0573. The summed E-state index contributed by atoms with van der Waals surface area (Å²) in [5.74, 6) is 1.52. The molecule has 0 saturated heterocycles. The number of carbonyl (C=O) groups excluding carboxylic acids is 1. The summed E-state index contributed by atoms with van der Waals surface area (Å²) >= 11 is 0. The highest BCUT2D eigenvalue weighted by Crippen LogP contribution is 2.28. The summed E-state index contributed by atoms with van der Waals surface area (Å²) in [4.78, 5) is 17.6. The highest BCUT2D eigenvalue weighted by molar-refractivity contribution is 5.93. The van der Waals surface area contributed by atoms with Crippen LogP contribution in [-0.4, -0.2) is 15.3 Å². The third-order valence-corrected chi connectivity index (χ3v) is 5.59. The molecule has 1 aliphatic carbocycles. The monoisotopic (exact) mass is 397 g/mol. The van der Waals surface area contributed by atoms with E-state index in [1.807, 2.05) is 60.7 Å². The highest BCUT2D eigenvalue weighted by Gasteiger charge is 2.28. The molecule has 4 aromatic rings. The molecule has 150 valence electrons. The van der Waals surface area contributed by atoms with E-state index < -0.39 is 0 Å². The number of imidazole rings is 1. The van der Waals surface area contributed by atoms with Crippen LogP contribution in [-0.2, 0) is 17.6 Å². The lowest BCUT2D eigenvalue weighted by Crippen LogP contribution is -2.28. The molecule has 0 radical (unpaired) electrons. The topological polar surface area (TPSA) is 55.6 Å². The molecule has 0 aliphatic heterocycles. The average Bonchev–Trinajstić information content (AvgIpc) is 3.13. The molecule has 5 nitrogen and oxygen atoms in total. The van der Waals surface area contributed by atoms with Gasteiger partial charge in [-0.25, -0.2) is 4.98 Å². The van der Waals surface area contributed by atoms with Gasteiger partial charge in [-0.15, -0.1) is 0 Å². The van der Waals surface area contributed by atoms with Gasteiger partial charge in [0, 0.05) is 29.9 Å². The van der Waals surface area contributed by atoms with E-state index in [0.29, 0.717) is 6.42 Å². The van der Waals surface area contributed by atoms with E-state index in [2.05, 4.69) is 28.9 Å². The van der Waals surface area contributed by atoms with Gasteiger partial charge < -0.3 is 14.5 Å². The zero-order valence-electron chi connectivity index (χ0n) is 16.8. The molecule has 2 aromatic carbocycles. The van der Waals surface area contributed by atoms with E-state index in [4.69, 9.17) is 9.72 Å². The van der Waals surface area contributed by atoms with Crippen LogP contribution < -0.4 is 10.1 Å². The minimum absolute atomic E-state index is 0.0555. The Balaban J connectivity index is 1.27. The fourth-order valence-electron chi connectivity index (χ4n) is 4.01. The maximum Gasteiger partial charge on any atom is 0.227 e. The molecule has 1 atom stereocenters. The van der Waals surface area contributed by atoms with Crippen LogP contribution in [0.25, 0.3) is 5.65 Å². The van der Waals surface area contributed by atoms with Gasteiger partial charge in [-0.1, -0.05) is 24.3 Å². The van der Waals surface area contributed by atoms with Gasteiger partial charge in [-0.05, 0) is 67.8 Å². The van der Waals surface area contributed by atoms with Gasteiger partial charge in [0.1, 0.15) is 17.1 Å². The summed E-state index contributed by atoms with van der Waals surface area (Å²) in [6.45, 7) is 2.07. The Kier molecular flexibility index (Phi) is 4.71. The molecule has 1 aliphatic rings. The van der Waals surface area contributed by atoms with Gasteiger partial charge in [0.2, 0.25) is 5.91 Å². The van der Waals surface area contributed by atoms with Crippen LogP contribution in [0, 0.1) is 12.8 Å². The Morgan fingerprint density at radius 3 is 2.60 bits per heavy atom. The fraction of sp³-hybridized carbons (Fsp3) is 0.200. The number of carbonyl (C=O) groups is 1. The van der Waals surface area contributed by atoms with Gasteiger partial charge in [0.15, 0.2) is 0 Å². The largest absolute Gasteiger partial charge is 0.457 e. The number of nitrogens with zero attached hydrogens (tertiary/aromatic N) is 2. The van der Waals surface area contributed by atoms with E-state index in [1.165, 1.54) is 5.56 Å². The van der Waals surface area contributed by atoms with Crippen molar-refractivity contribution in [3.63, 3.8) is 0 Å². The van der Waals surface area contributed by atoms with Crippen LogP contribution in [0.2, 0.25) is 0 Å². The van der Waals surface area contributed by atoms with Crippen molar-refractivity contribution in [2.45, 2.75) is 26.2 Å². The molecular formula is C25H23N3O2. The van der Waals surface area contributed by atoms with E-state index in [0.717, 1.165) is 47.1 Å². The second-order valence-corrected chi connectivity index (χ2v) is 7.81. The lowest BCUT2D eigenvalue weighted by molar-refractivity contribution is -0.120. The molecule has 0 saturated carbocycles. The van der Waals surface area contributed by atoms with Crippen molar-refractivity contribution in [1.29, 1.82) is 0 Å². The van der Waals surface area contributed by atoms with Gasteiger partial charge in [0.05, 0.1) is 5.69 Å². The van der Waals surface area contributed by atoms with Gasteiger partial charge in [0.25, 0.3) is 0 Å². The number of hydrogen-bond donors (Lipinski definition) is 1. The van der Waals surface area contributed by atoms with Gasteiger partial charge in [-0.3, -0.25) is 4.79 Å². The number of fused-ring (bicyclic) bond motifs is 3. The van der Waals surface area contributed by atoms with Gasteiger partial charge in [-0.2, -0.15) is 0 Å². The number of anilines is 1. The van der Waals surface area contributed by atoms with Crippen LogP contribution in [0.4, 0.5) is 5.69 Å². The number of aromatic nitrogens is 2. The summed E-state index contributed by atoms with van der Waals surface area (Å²) < 4.78 is 7.95. The summed E-state index contributed by atoms with van der Waals surface area (Å²) in [5.41, 5.74) is 5.20. The van der Waals surface area contributed by atoms with Crippen LogP contribution in [0.1, 0.15) is 23.4 Å². The predicted octanol–water partition coefficient (Wildman–Crippen LogP) is 5.18. The first-order chi connectivity index (χ1) is 14.7. The van der Waals surface area contributed by atoms with E-state index >= 15 is 0 Å². The third kappa shape index (κ3) is 3.66. The molecule has 1 unspecified atom stereocenters. The molecule has 30 heavy (non-hydrogen) atoms. The first-order valence-corrected chi connectivity index (χ1v) is 10.3. The van der Waals surface area contributed by atoms with Crippen molar-refractivity contribution < 1.29 is 9.53 Å². The molecule has 0 fully saturated rings. The first-order valence-electron chi connectivity index (χ1n) is 10.3. The SMILES string of the molecule is Cc1ccc2nc3c(n2c1)CC(C(=O)Nc1ccc(Oc2ccccc2)cc1)CC3. The molecule has 0 spiro atoms. The van der Waals surface area contributed by atoms with Crippen LogP contribution in [0.15, 0.2) is 72.9 Å². The Bertz CT molecular complexity index is 1200. The predicted molar refractivity (Wildman–Crippen MR) is 117 cm³/mol. The van der Waals surface area contributed by atoms with Crippen molar-refractivity contribution in [1.82, 2.24) is 9.38 Å². The molecule has 1 N–H and O–H groups in total. The summed E-state index contributed by atoms with van der Waals surface area (Å²) in [5, 5.41) is 3.06. The zero-order valence-corrected chi connectivity index (χ0v) is 16.8. The number of benzene rings is 2. The normalized spacial score (nSPS) is 15.6. The van der Waals surface area contributed by atoms with Crippen molar-refractivity contribution >= 4 is 17.2 Å². The van der Waals surface area contributed by atoms with Crippen LogP contribution in [0.3, 0.4) is 0 Å². The number of nitrogens with one attached hydrogen (secondary N) is 1. The number of aryl methyl sites for hydroxylation is 2. The molecule has 2 heterocycles. The average molecular weight is 397 g/mol. The number of hydrogen-bond acceptors (Lipinski definition) is 3. The molecule has 5 heteroatoms. The second kappa shape index (κ2) is 7.67. The van der Waals surface area contributed by atoms with E-state index in [9.17, 15) is 4.79 Å². The smallest absolute Gasteiger partial charge is 0.227 e. The number of amides is 1. The molecule has 0 bridgehead atoms. The highest BCUT2D eigenvalue weighted by atomic mass is 16.5. The standard InChI is InChI=1S/C25H23N3O2/c1-17-7-14-24-27-22-13-8-18(15-23(22)28(24)16-17)25(29)26-19-9-11-21(12-10-19)30-20-5-3-2-4-6-20/h2-7,9-12,14,16,18H,8,13,15H2,1H3,(H,26,29). The quantitative estimate of drug-likeness (QED) is 0.516. The molecule has 1 amide bonds. The van der Waals surface area contributed by atoms with Crippen molar-refractivity contribution in [3.05, 3.63) is 89.9 Å². The molecule has 2 aromatic heterocycles. The zero-order chi connectivity index (χ0) is 20.5. The lowest BCUT2D eigenvalue weighted by atomic mass is 9.89. The second-order valence-electron chi connectivity index (χ2n) is 7.81. The summed E-state index contributed by atoms with van der Waals surface area (Å²) in [6.07, 6.45) is 4.46. The number of rotatable bonds is 4. The lowest BCUT2D eigenvalue weighted by Gasteiger charge is -2.21. The Morgan fingerprint density at radius 1 is 1.03 bits per heavy atom. The Morgan fingerprint density at radius 2 is 1.80 bits per heavy atom. The van der Waals surface area contributed by atoms with Crippen LogP contribution in [0.5, 0.6) is 11.5 Å². The van der Waals surface area contributed by atoms with Crippen molar-refractivity contribution in [2.24, 2.45) is 5.92 Å². The number of ether oxygens (including phenoxy) is 1. The van der Waals surface area contributed by atoms with Gasteiger partial charge >= 0.3 is 0 Å². The number of para-hydroxylation sites is 1. The maximum absolute atomic E-state index is 12.9. The third-order valence-electron chi connectivity index (χ3n) is 5.59. The Labute approximate surface area is 175 Å². The van der Waals surface area contributed by atoms with Crippen molar-refractivity contribution in [2.75, 3.05) is 5.32 Å². The minimum Gasteiger partial charge on any atom is -0.457 e. The molecular weight excluding hydrogens is 374 g/mol. The maximum atomic E-state index is 12.9. The van der Waals surface area contributed by atoms with E-state index in [-0.39, 0.29) is 11.8 Å². The van der Waals surface area contributed by atoms with E-state index in [1.54, 1.807) is 0 Å². The molecule has 5 rings (SSSR count). The fourth-order valence-corrected chi connectivity index (χ4v) is 4.01. The summed E-state index contributed by atoms with van der Waals surface area (Å²) in [7, 11) is 0.